The number of aromatic nitrogens is 3. The summed E-state index contributed by atoms with van der Waals surface area (Å²) in [5, 5.41) is 0. The van der Waals surface area contributed by atoms with Crippen LogP contribution in [-0.2, 0) is 4.79 Å². The van der Waals surface area contributed by atoms with Crippen LogP contribution >= 0.6 is 0 Å². The van der Waals surface area contributed by atoms with Crippen molar-refractivity contribution in [3.63, 3.8) is 0 Å². The molecule has 2 saturated heterocycles. The zero-order valence-corrected chi connectivity index (χ0v) is 16.2. The minimum atomic E-state index is 0.282. The van der Waals surface area contributed by atoms with Gasteiger partial charge in [-0.05, 0) is 57.3 Å². The van der Waals surface area contributed by atoms with Gasteiger partial charge < -0.3 is 9.64 Å². The molecular formula is C21H27N5O2. The lowest BCUT2D eigenvalue weighted by Crippen LogP contribution is -2.44. The van der Waals surface area contributed by atoms with Crippen LogP contribution < -0.4 is 4.74 Å². The van der Waals surface area contributed by atoms with E-state index >= 15 is 0 Å². The molecule has 0 aromatic carbocycles. The zero-order valence-electron chi connectivity index (χ0n) is 16.2. The Labute approximate surface area is 165 Å². The molecule has 2 fully saturated rings. The second-order valence-corrected chi connectivity index (χ2v) is 7.56. The highest BCUT2D eigenvalue weighted by Gasteiger charge is 2.25. The smallest absolute Gasteiger partial charge is 0.238 e. The number of carbonyl (C=O) groups excluding carboxylic acids is 1. The standard InChI is InChI=1S/C21H27N5O2/c27-21(26-9-2-1-3-10-26)16-25-11-6-17(7-12-25)19-14-23-15-20(24-19)28-18-5-4-8-22-13-18/h4-5,8,13-15,17H,1-3,6-7,9-12,16H2. The van der Waals surface area contributed by atoms with Gasteiger partial charge >= 0.3 is 0 Å². The van der Waals surface area contributed by atoms with Gasteiger partial charge in [0.05, 0.1) is 24.6 Å². The van der Waals surface area contributed by atoms with E-state index < -0.39 is 0 Å². The molecule has 0 spiro atoms. The van der Waals surface area contributed by atoms with Crippen LogP contribution in [0.2, 0.25) is 0 Å². The summed E-state index contributed by atoms with van der Waals surface area (Å²) in [6, 6.07) is 3.67. The molecule has 0 atom stereocenters. The number of pyridine rings is 1. The van der Waals surface area contributed by atoms with Crippen LogP contribution in [0.25, 0.3) is 0 Å². The van der Waals surface area contributed by atoms with E-state index in [1.165, 1.54) is 6.42 Å². The molecule has 0 bridgehead atoms. The fourth-order valence-electron chi connectivity index (χ4n) is 3.96. The Morgan fingerprint density at radius 2 is 1.86 bits per heavy atom. The maximum Gasteiger partial charge on any atom is 0.238 e. The third-order valence-electron chi connectivity index (χ3n) is 5.56. The summed E-state index contributed by atoms with van der Waals surface area (Å²) in [4.78, 5) is 29.8. The number of amides is 1. The molecule has 4 heterocycles. The molecule has 1 amide bonds. The van der Waals surface area contributed by atoms with Crippen LogP contribution in [0.4, 0.5) is 0 Å². The summed E-state index contributed by atoms with van der Waals surface area (Å²) >= 11 is 0. The largest absolute Gasteiger partial charge is 0.436 e. The van der Waals surface area contributed by atoms with Crippen LogP contribution in [0.15, 0.2) is 36.9 Å². The van der Waals surface area contributed by atoms with Crippen LogP contribution in [0.1, 0.15) is 43.7 Å². The highest BCUT2D eigenvalue weighted by Crippen LogP contribution is 2.28. The molecule has 4 rings (SSSR count). The van der Waals surface area contributed by atoms with Gasteiger partial charge in [-0.25, -0.2) is 4.98 Å². The first-order valence-corrected chi connectivity index (χ1v) is 10.2. The molecule has 0 radical (unpaired) electrons. The monoisotopic (exact) mass is 381 g/mol. The third kappa shape index (κ3) is 4.84. The summed E-state index contributed by atoms with van der Waals surface area (Å²) in [5.74, 6) is 1.78. The Morgan fingerprint density at radius 1 is 1.04 bits per heavy atom. The quantitative estimate of drug-likeness (QED) is 0.793. The average molecular weight is 381 g/mol. The number of piperidine rings is 2. The molecule has 0 unspecified atom stereocenters. The summed E-state index contributed by atoms with van der Waals surface area (Å²) in [6.07, 6.45) is 12.3. The first-order valence-electron chi connectivity index (χ1n) is 10.2. The lowest BCUT2D eigenvalue weighted by Gasteiger charge is -2.34. The van der Waals surface area contributed by atoms with Crippen molar-refractivity contribution in [3.05, 3.63) is 42.6 Å². The highest BCUT2D eigenvalue weighted by molar-refractivity contribution is 5.78. The van der Waals surface area contributed by atoms with Crippen molar-refractivity contribution in [1.29, 1.82) is 0 Å². The van der Waals surface area contributed by atoms with Gasteiger partial charge in [0.2, 0.25) is 11.8 Å². The number of ether oxygens (including phenoxy) is 1. The van der Waals surface area contributed by atoms with Gasteiger partial charge in [0.15, 0.2) is 0 Å². The first kappa shape index (κ1) is 18.8. The van der Waals surface area contributed by atoms with E-state index in [1.807, 2.05) is 23.2 Å². The zero-order chi connectivity index (χ0) is 19.2. The number of hydrogen-bond donors (Lipinski definition) is 0. The molecule has 2 aromatic rings. The predicted octanol–water partition coefficient (Wildman–Crippen LogP) is 2.86. The second kappa shape index (κ2) is 9.10. The molecule has 7 heteroatoms. The molecule has 0 N–H and O–H groups in total. The van der Waals surface area contributed by atoms with Crippen molar-refractivity contribution in [3.8, 4) is 11.6 Å². The summed E-state index contributed by atoms with van der Waals surface area (Å²) in [7, 11) is 0. The average Bonchev–Trinajstić information content (AvgIpc) is 2.76. The molecule has 2 aliphatic heterocycles. The summed E-state index contributed by atoms with van der Waals surface area (Å²) in [6.45, 7) is 4.23. The molecule has 0 saturated carbocycles. The van der Waals surface area contributed by atoms with E-state index in [1.54, 1.807) is 18.6 Å². The Bertz CT molecular complexity index is 771. The summed E-state index contributed by atoms with van der Waals surface area (Å²) in [5.41, 5.74) is 0.961. The van der Waals surface area contributed by atoms with Crippen molar-refractivity contribution >= 4 is 5.91 Å². The van der Waals surface area contributed by atoms with E-state index in [-0.39, 0.29) is 5.91 Å². The Morgan fingerprint density at radius 3 is 2.61 bits per heavy atom. The number of likely N-dealkylation sites (tertiary alicyclic amines) is 2. The van der Waals surface area contributed by atoms with Crippen molar-refractivity contribution in [2.45, 2.75) is 38.0 Å². The number of nitrogens with zero attached hydrogens (tertiary/aromatic N) is 5. The first-order chi connectivity index (χ1) is 13.8. The molecule has 2 aromatic heterocycles. The molecule has 0 aliphatic carbocycles. The van der Waals surface area contributed by atoms with Gasteiger partial charge in [0.25, 0.3) is 0 Å². The van der Waals surface area contributed by atoms with Crippen molar-refractivity contribution in [1.82, 2.24) is 24.8 Å². The Balaban J connectivity index is 1.30. The van der Waals surface area contributed by atoms with Crippen LogP contribution in [-0.4, -0.2) is 63.4 Å². The Kier molecular flexibility index (Phi) is 6.11. The highest BCUT2D eigenvalue weighted by atomic mass is 16.5. The third-order valence-corrected chi connectivity index (χ3v) is 5.56. The van der Waals surface area contributed by atoms with Crippen molar-refractivity contribution in [2.75, 3.05) is 32.7 Å². The van der Waals surface area contributed by atoms with Gasteiger partial charge in [-0.1, -0.05) is 0 Å². The maximum absolute atomic E-state index is 12.5. The van der Waals surface area contributed by atoms with E-state index in [9.17, 15) is 4.79 Å². The number of carbonyl (C=O) groups is 1. The van der Waals surface area contributed by atoms with Crippen LogP contribution in [0.5, 0.6) is 11.6 Å². The second-order valence-electron chi connectivity index (χ2n) is 7.56. The minimum Gasteiger partial charge on any atom is -0.436 e. The SMILES string of the molecule is O=C(CN1CCC(c2cncc(Oc3cccnc3)n2)CC1)N1CCCCC1. The molecule has 28 heavy (non-hydrogen) atoms. The number of hydrogen-bond acceptors (Lipinski definition) is 6. The van der Waals surface area contributed by atoms with Gasteiger partial charge in [-0.3, -0.25) is 19.7 Å². The normalized spacial score (nSPS) is 18.8. The van der Waals surface area contributed by atoms with E-state index in [2.05, 4.69) is 19.9 Å². The molecule has 148 valence electrons. The Hall–Kier alpha value is -2.54. The van der Waals surface area contributed by atoms with Crippen LogP contribution in [0, 0.1) is 0 Å². The lowest BCUT2D eigenvalue weighted by molar-refractivity contribution is -0.133. The van der Waals surface area contributed by atoms with Gasteiger partial charge in [-0.15, -0.1) is 0 Å². The minimum absolute atomic E-state index is 0.282. The summed E-state index contributed by atoms with van der Waals surface area (Å²) < 4.78 is 5.75. The van der Waals surface area contributed by atoms with E-state index in [0.717, 1.165) is 57.6 Å². The van der Waals surface area contributed by atoms with Gasteiger partial charge in [-0.2, -0.15) is 0 Å². The lowest BCUT2D eigenvalue weighted by atomic mass is 9.94. The maximum atomic E-state index is 12.5. The fraction of sp³-hybridized carbons (Fsp3) is 0.524. The molecular weight excluding hydrogens is 354 g/mol. The van der Waals surface area contributed by atoms with Crippen LogP contribution in [0.3, 0.4) is 0 Å². The predicted molar refractivity (Wildman–Crippen MR) is 105 cm³/mol. The van der Waals surface area contributed by atoms with Gasteiger partial charge in [0, 0.05) is 31.4 Å². The van der Waals surface area contributed by atoms with E-state index in [0.29, 0.717) is 24.1 Å². The van der Waals surface area contributed by atoms with Crippen molar-refractivity contribution < 1.29 is 9.53 Å². The van der Waals surface area contributed by atoms with E-state index in [4.69, 9.17) is 4.74 Å². The van der Waals surface area contributed by atoms with Gasteiger partial charge in [0.1, 0.15) is 5.75 Å². The van der Waals surface area contributed by atoms with Crippen molar-refractivity contribution in [2.24, 2.45) is 0 Å². The molecule has 7 nitrogen and oxygen atoms in total. The fourth-order valence-corrected chi connectivity index (χ4v) is 3.96. The number of rotatable bonds is 5. The topological polar surface area (TPSA) is 71.5 Å². The molecule has 2 aliphatic rings.